The van der Waals surface area contributed by atoms with Crippen LogP contribution in [0.15, 0.2) is 47.4 Å². The predicted molar refractivity (Wildman–Crippen MR) is 112 cm³/mol. The van der Waals surface area contributed by atoms with Crippen LogP contribution in [0.3, 0.4) is 0 Å². The third-order valence-corrected chi connectivity index (χ3v) is 10.4. The van der Waals surface area contributed by atoms with Gasteiger partial charge in [-0.1, -0.05) is 32.9 Å². The van der Waals surface area contributed by atoms with Gasteiger partial charge >= 0.3 is 6.18 Å². The zero-order chi connectivity index (χ0) is 21.2. The first kappa shape index (κ1) is 22.7. The van der Waals surface area contributed by atoms with Crippen LogP contribution in [0.5, 0.6) is 11.5 Å². The summed E-state index contributed by atoms with van der Waals surface area (Å²) in [7, 11) is -0.645. The average Bonchev–Trinajstić information content (AvgIpc) is 2.58. The van der Waals surface area contributed by atoms with E-state index >= 15 is 0 Å². The minimum Gasteiger partial charge on any atom is -0.543 e. The molecule has 0 aromatic heterocycles. The Morgan fingerprint density at radius 3 is 2.04 bits per heavy atom. The lowest BCUT2D eigenvalue weighted by Crippen LogP contribution is -2.43. The third-order valence-electron chi connectivity index (χ3n) is 4.95. The van der Waals surface area contributed by atoms with Crippen molar-refractivity contribution >= 4 is 20.1 Å². The number of ether oxygens (including phenoxy) is 1. The van der Waals surface area contributed by atoms with Gasteiger partial charge in [-0.25, -0.2) is 0 Å². The molecule has 0 heterocycles. The lowest BCUT2D eigenvalue weighted by atomic mass is 10.2. The Bertz CT molecular complexity index is 797. The van der Waals surface area contributed by atoms with Crippen molar-refractivity contribution in [3.8, 4) is 11.5 Å². The fraction of sp³-hybridized carbons (Fsp3) is 0.429. The minimum absolute atomic E-state index is 0.0996. The quantitative estimate of drug-likeness (QED) is 0.353. The Morgan fingerprint density at radius 2 is 1.54 bits per heavy atom. The maximum atomic E-state index is 13.4. The summed E-state index contributed by atoms with van der Waals surface area (Å²) in [5, 5.41) is -0.0996. The van der Waals surface area contributed by atoms with E-state index in [1.807, 2.05) is 37.4 Å². The molecule has 0 spiro atoms. The molecule has 2 aromatic carbocycles. The standard InChI is InChI=1S/C21H27F3O2SSi/c1-20(2,3)28(5,6)26-18-11-16(21(22,23)24)12-19(13-18)27-14-15-7-9-17(25-4)10-8-15/h7-13H,14H2,1-6H3. The van der Waals surface area contributed by atoms with E-state index in [2.05, 4.69) is 20.8 Å². The summed E-state index contributed by atoms with van der Waals surface area (Å²) in [6.45, 7) is 10.2. The van der Waals surface area contributed by atoms with Crippen molar-refractivity contribution < 1.29 is 22.3 Å². The molecule has 2 aromatic rings. The zero-order valence-electron chi connectivity index (χ0n) is 17.1. The number of alkyl halides is 3. The van der Waals surface area contributed by atoms with Crippen LogP contribution in [0, 0.1) is 0 Å². The Kier molecular flexibility index (Phi) is 6.81. The molecule has 0 amide bonds. The van der Waals surface area contributed by atoms with E-state index in [9.17, 15) is 13.2 Å². The second-order valence-corrected chi connectivity index (χ2v) is 14.0. The number of benzene rings is 2. The van der Waals surface area contributed by atoms with E-state index < -0.39 is 20.1 Å². The Morgan fingerprint density at radius 1 is 0.929 bits per heavy atom. The topological polar surface area (TPSA) is 18.5 Å². The van der Waals surface area contributed by atoms with Crippen molar-refractivity contribution in [3.63, 3.8) is 0 Å². The van der Waals surface area contributed by atoms with Crippen LogP contribution < -0.4 is 9.16 Å². The molecule has 0 aliphatic carbocycles. The molecule has 7 heteroatoms. The summed E-state index contributed by atoms with van der Waals surface area (Å²) in [6, 6.07) is 11.5. The first-order valence-electron chi connectivity index (χ1n) is 8.99. The van der Waals surface area contributed by atoms with Gasteiger partial charge in [0, 0.05) is 10.6 Å². The molecule has 2 nitrogen and oxygen atoms in total. The first-order chi connectivity index (χ1) is 12.8. The number of rotatable bonds is 6. The van der Waals surface area contributed by atoms with Crippen LogP contribution in [0.25, 0.3) is 0 Å². The summed E-state index contributed by atoms with van der Waals surface area (Å²) in [5.41, 5.74) is 0.330. The fourth-order valence-electron chi connectivity index (χ4n) is 2.21. The van der Waals surface area contributed by atoms with E-state index in [0.717, 1.165) is 17.4 Å². The summed E-state index contributed by atoms with van der Waals surface area (Å²) < 4.78 is 51.4. The molecule has 0 fully saturated rings. The smallest absolute Gasteiger partial charge is 0.416 e. The third kappa shape index (κ3) is 5.94. The van der Waals surface area contributed by atoms with Crippen LogP contribution >= 0.6 is 11.8 Å². The van der Waals surface area contributed by atoms with Crippen LogP contribution in [0.2, 0.25) is 18.1 Å². The minimum atomic E-state index is -4.41. The molecule has 0 N–H and O–H groups in total. The molecule has 154 valence electrons. The molecule has 2 rings (SSSR count). The van der Waals surface area contributed by atoms with Gasteiger partial charge in [0.25, 0.3) is 0 Å². The summed E-state index contributed by atoms with van der Waals surface area (Å²) in [4.78, 5) is 0.541. The van der Waals surface area contributed by atoms with Gasteiger partial charge in [0.15, 0.2) is 0 Å². The second kappa shape index (κ2) is 8.41. The van der Waals surface area contributed by atoms with Crippen LogP contribution in [-0.2, 0) is 11.9 Å². The number of methoxy groups -OCH3 is 1. The van der Waals surface area contributed by atoms with Crippen molar-refractivity contribution in [2.75, 3.05) is 7.11 Å². The number of halogens is 3. The molecule has 0 radical (unpaired) electrons. The van der Waals surface area contributed by atoms with Crippen LogP contribution in [0.1, 0.15) is 31.9 Å². The Balaban J connectivity index is 2.27. The molecule has 0 aliphatic rings. The molecule has 28 heavy (non-hydrogen) atoms. The normalized spacial score (nSPS) is 12.8. The Labute approximate surface area is 170 Å². The van der Waals surface area contributed by atoms with E-state index in [1.165, 1.54) is 17.8 Å². The van der Waals surface area contributed by atoms with Crippen LogP contribution in [-0.4, -0.2) is 15.4 Å². The highest BCUT2D eigenvalue weighted by Crippen LogP contribution is 2.41. The van der Waals surface area contributed by atoms with Gasteiger partial charge in [0.1, 0.15) is 11.5 Å². The van der Waals surface area contributed by atoms with E-state index in [1.54, 1.807) is 13.2 Å². The van der Waals surface area contributed by atoms with Gasteiger partial charge in [-0.05, 0) is 54.0 Å². The van der Waals surface area contributed by atoms with Crippen molar-refractivity contribution in [1.29, 1.82) is 0 Å². The highest BCUT2D eigenvalue weighted by molar-refractivity contribution is 7.98. The van der Waals surface area contributed by atoms with Crippen molar-refractivity contribution in [1.82, 2.24) is 0 Å². The summed E-state index contributed by atoms with van der Waals surface area (Å²) in [6.07, 6.45) is -4.41. The SMILES string of the molecule is COc1ccc(CSc2cc(O[Si](C)(C)C(C)(C)C)cc(C(F)(F)F)c2)cc1. The summed E-state index contributed by atoms with van der Waals surface area (Å²) >= 11 is 1.36. The highest BCUT2D eigenvalue weighted by Gasteiger charge is 2.39. The zero-order valence-corrected chi connectivity index (χ0v) is 18.9. The van der Waals surface area contributed by atoms with Crippen molar-refractivity contribution in [3.05, 3.63) is 53.6 Å². The molecule has 0 aliphatic heterocycles. The molecule has 0 bridgehead atoms. The molecular formula is C21H27F3O2SSi. The number of hydrogen-bond acceptors (Lipinski definition) is 3. The van der Waals surface area contributed by atoms with Crippen molar-refractivity contribution in [2.45, 2.75) is 55.7 Å². The molecule has 0 atom stereocenters. The Hall–Kier alpha value is -1.60. The molecule has 0 saturated carbocycles. The number of hydrogen-bond donors (Lipinski definition) is 0. The fourth-order valence-corrected chi connectivity index (χ4v) is 4.16. The largest absolute Gasteiger partial charge is 0.543 e. The maximum absolute atomic E-state index is 13.4. The lowest BCUT2D eigenvalue weighted by Gasteiger charge is -2.36. The van der Waals surface area contributed by atoms with Gasteiger partial charge in [0.05, 0.1) is 12.7 Å². The number of thioether (sulfide) groups is 1. The van der Waals surface area contributed by atoms with Crippen LogP contribution in [0.4, 0.5) is 13.2 Å². The predicted octanol–water partition coefficient (Wildman–Crippen LogP) is 7.39. The average molecular weight is 429 g/mol. The molecule has 0 saturated heterocycles. The van der Waals surface area contributed by atoms with Gasteiger partial charge in [0.2, 0.25) is 8.32 Å². The highest BCUT2D eigenvalue weighted by atomic mass is 32.2. The van der Waals surface area contributed by atoms with Gasteiger partial charge in [-0.2, -0.15) is 13.2 Å². The molecular weight excluding hydrogens is 401 g/mol. The van der Waals surface area contributed by atoms with Gasteiger partial charge < -0.3 is 9.16 Å². The van der Waals surface area contributed by atoms with E-state index in [4.69, 9.17) is 9.16 Å². The second-order valence-electron chi connectivity index (χ2n) is 8.19. The van der Waals surface area contributed by atoms with E-state index in [0.29, 0.717) is 16.4 Å². The van der Waals surface area contributed by atoms with Crippen molar-refractivity contribution in [2.24, 2.45) is 0 Å². The first-order valence-corrected chi connectivity index (χ1v) is 12.9. The lowest BCUT2D eigenvalue weighted by molar-refractivity contribution is -0.137. The van der Waals surface area contributed by atoms with Gasteiger partial charge in [-0.3, -0.25) is 0 Å². The monoisotopic (exact) mass is 428 g/mol. The maximum Gasteiger partial charge on any atom is 0.416 e. The molecule has 0 unspecified atom stereocenters. The van der Waals surface area contributed by atoms with E-state index in [-0.39, 0.29) is 5.04 Å². The van der Waals surface area contributed by atoms with Gasteiger partial charge in [-0.15, -0.1) is 11.8 Å². The summed E-state index contributed by atoms with van der Waals surface area (Å²) in [5.74, 6) is 1.60.